The van der Waals surface area contributed by atoms with Crippen LogP contribution in [-0.4, -0.2) is 56.8 Å². The zero-order chi connectivity index (χ0) is 25.9. The largest absolute Gasteiger partial charge is 0.495 e. The topological polar surface area (TPSA) is 153 Å². The number of carbonyl (C=O) groups excluding carboxylic acids is 2. The highest BCUT2D eigenvalue weighted by Gasteiger charge is 2.34. The third-order valence-corrected chi connectivity index (χ3v) is 7.89. The van der Waals surface area contributed by atoms with Crippen molar-refractivity contribution in [2.24, 2.45) is 11.7 Å². The van der Waals surface area contributed by atoms with Crippen LogP contribution in [0.5, 0.6) is 5.75 Å². The Balaban J connectivity index is 2.04. The van der Waals surface area contributed by atoms with Crippen molar-refractivity contribution in [1.29, 1.82) is 0 Å². The lowest BCUT2D eigenvalue weighted by molar-refractivity contribution is -0.385. The Morgan fingerprint density at radius 3 is 2.46 bits per heavy atom. The standard InChI is InChI=1S/C22H25ClN4O7S/c1-14-3-5-17(12-18(14)27(30)31)35(32,33)26(19-11-16(23)4-6-20(19)34-2)13-21(28)25-9-7-15(8-10-25)22(24)29/h3-6,11-12,15H,7-10,13H2,1-2H3,(H2,24,29). The Bertz CT molecular complexity index is 1260. The maximum atomic E-state index is 13.7. The Labute approximate surface area is 207 Å². The van der Waals surface area contributed by atoms with E-state index in [4.69, 9.17) is 22.1 Å². The fraction of sp³-hybridized carbons (Fsp3) is 0.364. The number of aryl methyl sites for hydroxylation is 1. The number of benzene rings is 2. The van der Waals surface area contributed by atoms with Gasteiger partial charge in [0.05, 0.1) is 22.6 Å². The minimum absolute atomic E-state index is 0.00333. The number of ether oxygens (including phenoxy) is 1. The number of sulfonamides is 1. The van der Waals surface area contributed by atoms with Crippen molar-refractivity contribution in [1.82, 2.24) is 4.90 Å². The Morgan fingerprint density at radius 2 is 1.89 bits per heavy atom. The number of carbonyl (C=O) groups is 2. The third kappa shape index (κ3) is 5.65. The van der Waals surface area contributed by atoms with Crippen molar-refractivity contribution in [3.8, 4) is 5.75 Å². The summed E-state index contributed by atoms with van der Waals surface area (Å²) >= 11 is 6.13. The fourth-order valence-corrected chi connectivity index (χ4v) is 5.47. The summed E-state index contributed by atoms with van der Waals surface area (Å²) in [6.07, 6.45) is 0.747. The Kier molecular flexibility index (Phi) is 7.86. The molecule has 2 amide bonds. The van der Waals surface area contributed by atoms with Crippen LogP contribution in [-0.2, 0) is 19.6 Å². The molecule has 11 nitrogen and oxygen atoms in total. The molecular weight excluding hydrogens is 500 g/mol. The second-order valence-corrected chi connectivity index (χ2v) is 10.4. The average Bonchev–Trinajstić information content (AvgIpc) is 2.82. The number of nitro groups is 1. The molecule has 13 heteroatoms. The number of anilines is 1. The second kappa shape index (κ2) is 10.5. The molecule has 1 heterocycles. The van der Waals surface area contributed by atoms with Gasteiger partial charge in [0.2, 0.25) is 11.8 Å². The molecule has 0 aromatic heterocycles. The number of halogens is 1. The first kappa shape index (κ1) is 26.2. The predicted molar refractivity (Wildman–Crippen MR) is 129 cm³/mol. The summed E-state index contributed by atoms with van der Waals surface area (Å²) in [5, 5.41) is 11.6. The number of rotatable bonds is 8. The zero-order valence-corrected chi connectivity index (χ0v) is 20.7. The van der Waals surface area contributed by atoms with Crippen molar-refractivity contribution in [3.63, 3.8) is 0 Å². The number of methoxy groups -OCH3 is 1. The molecule has 188 valence electrons. The van der Waals surface area contributed by atoms with E-state index in [0.717, 1.165) is 10.4 Å². The van der Waals surface area contributed by atoms with Gasteiger partial charge in [-0.1, -0.05) is 17.7 Å². The molecule has 1 aliphatic heterocycles. The quantitative estimate of drug-likeness (QED) is 0.411. The van der Waals surface area contributed by atoms with Gasteiger partial charge in [-0.15, -0.1) is 0 Å². The predicted octanol–water partition coefficient (Wildman–Crippen LogP) is 2.48. The first-order valence-electron chi connectivity index (χ1n) is 10.6. The van der Waals surface area contributed by atoms with Gasteiger partial charge in [0.1, 0.15) is 12.3 Å². The van der Waals surface area contributed by atoms with Gasteiger partial charge in [-0.05, 0) is 44.0 Å². The number of likely N-dealkylation sites (tertiary alicyclic amines) is 1. The molecule has 1 aliphatic rings. The van der Waals surface area contributed by atoms with Crippen molar-refractivity contribution in [2.45, 2.75) is 24.7 Å². The number of hydrogen-bond acceptors (Lipinski definition) is 7. The molecule has 3 rings (SSSR count). The van der Waals surface area contributed by atoms with Crippen LogP contribution in [0.3, 0.4) is 0 Å². The van der Waals surface area contributed by atoms with E-state index in [1.54, 1.807) is 0 Å². The first-order valence-corrected chi connectivity index (χ1v) is 12.5. The van der Waals surface area contributed by atoms with Crippen molar-refractivity contribution in [2.75, 3.05) is 31.0 Å². The molecule has 0 saturated carbocycles. The minimum atomic E-state index is -4.47. The molecule has 1 saturated heterocycles. The monoisotopic (exact) mass is 524 g/mol. The van der Waals surface area contributed by atoms with Crippen molar-refractivity contribution >= 4 is 44.8 Å². The number of hydrogen-bond donors (Lipinski definition) is 1. The zero-order valence-electron chi connectivity index (χ0n) is 19.1. The lowest BCUT2D eigenvalue weighted by Gasteiger charge is -2.33. The SMILES string of the molecule is COc1ccc(Cl)cc1N(CC(=O)N1CCC(C(N)=O)CC1)S(=O)(=O)c1ccc(C)c([N+](=O)[O-])c1. The van der Waals surface area contributed by atoms with Crippen LogP contribution < -0.4 is 14.8 Å². The number of piperidine rings is 1. The van der Waals surface area contributed by atoms with Gasteiger partial charge in [-0.25, -0.2) is 8.42 Å². The molecule has 0 radical (unpaired) electrons. The van der Waals surface area contributed by atoms with Crippen molar-refractivity contribution < 1.29 is 27.7 Å². The third-order valence-electron chi connectivity index (χ3n) is 5.90. The van der Waals surface area contributed by atoms with E-state index in [1.165, 1.54) is 49.3 Å². The van der Waals surface area contributed by atoms with E-state index in [1.807, 2.05) is 0 Å². The summed E-state index contributed by atoms with van der Waals surface area (Å²) in [5.74, 6) is -1.16. The van der Waals surface area contributed by atoms with E-state index in [9.17, 15) is 28.1 Å². The van der Waals surface area contributed by atoms with Gasteiger partial charge in [-0.3, -0.25) is 24.0 Å². The van der Waals surface area contributed by atoms with E-state index in [-0.39, 0.29) is 51.6 Å². The molecule has 0 aliphatic carbocycles. The Morgan fingerprint density at radius 1 is 1.23 bits per heavy atom. The fourth-order valence-electron chi connectivity index (χ4n) is 3.87. The highest BCUT2D eigenvalue weighted by atomic mass is 35.5. The maximum absolute atomic E-state index is 13.7. The lowest BCUT2D eigenvalue weighted by Crippen LogP contribution is -2.47. The summed E-state index contributed by atoms with van der Waals surface area (Å²) < 4.78 is 33.6. The smallest absolute Gasteiger partial charge is 0.273 e. The highest BCUT2D eigenvalue weighted by Crippen LogP contribution is 2.36. The summed E-state index contributed by atoms with van der Waals surface area (Å²) in [5.41, 5.74) is 5.27. The Hall–Kier alpha value is -3.38. The summed E-state index contributed by atoms with van der Waals surface area (Å²) in [7, 11) is -3.13. The van der Waals surface area contributed by atoms with Crippen LogP contribution in [0.1, 0.15) is 18.4 Å². The van der Waals surface area contributed by atoms with E-state index in [0.29, 0.717) is 12.8 Å². The number of nitrogens with two attached hydrogens (primary N) is 1. The molecule has 2 N–H and O–H groups in total. The van der Waals surface area contributed by atoms with Crippen LogP contribution in [0.15, 0.2) is 41.3 Å². The first-order chi connectivity index (χ1) is 16.4. The molecule has 0 bridgehead atoms. The van der Waals surface area contributed by atoms with Crippen LogP contribution in [0, 0.1) is 23.0 Å². The van der Waals surface area contributed by atoms with Gasteiger partial charge in [0, 0.05) is 35.7 Å². The van der Waals surface area contributed by atoms with E-state index >= 15 is 0 Å². The molecule has 35 heavy (non-hydrogen) atoms. The number of primary amides is 1. The molecule has 2 aromatic carbocycles. The number of nitro benzene ring substituents is 1. The molecule has 1 fully saturated rings. The van der Waals surface area contributed by atoms with Crippen LogP contribution in [0.2, 0.25) is 5.02 Å². The second-order valence-electron chi connectivity index (χ2n) is 8.09. The highest BCUT2D eigenvalue weighted by molar-refractivity contribution is 7.92. The van der Waals surface area contributed by atoms with Gasteiger partial charge in [-0.2, -0.15) is 0 Å². The molecule has 0 atom stereocenters. The van der Waals surface area contributed by atoms with E-state index < -0.39 is 33.3 Å². The lowest BCUT2D eigenvalue weighted by atomic mass is 9.96. The molecular formula is C22H25ClN4O7S. The van der Waals surface area contributed by atoms with Gasteiger partial charge in [0.15, 0.2) is 0 Å². The summed E-state index contributed by atoms with van der Waals surface area (Å²) in [4.78, 5) is 36.4. The maximum Gasteiger partial charge on any atom is 0.273 e. The van der Waals surface area contributed by atoms with Gasteiger partial charge < -0.3 is 15.4 Å². The van der Waals surface area contributed by atoms with Gasteiger partial charge in [0.25, 0.3) is 15.7 Å². The van der Waals surface area contributed by atoms with Crippen LogP contribution >= 0.6 is 11.6 Å². The average molecular weight is 525 g/mol. The number of nitrogens with zero attached hydrogens (tertiary/aromatic N) is 3. The van der Waals surface area contributed by atoms with Crippen LogP contribution in [0.4, 0.5) is 11.4 Å². The normalized spacial score (nSPS) is 14.4. The molecule has 0 spiro atoms. The molecule has 0 unspecified atom stereocenters. The summed E-state index contributed by atoms with van der Waals surface area (Å²) in [6, 6.07) is 7.83. The van der Waals surface area contributed by atoms with E-state index in [2.05, 4.69) is 0 Å². The van der Waals surface area contributed by atoms with Crippen molar-refractivity contribution in [3.05, 3.63) is 57.1 Å². The number of amides is 2. The van der Waals surface area contributed by atoms with Gasteiger partial charge >= 0.3 is 0 Å². The summed E-state index contributed by atoms with van der Waals surface area (Å²) in [6.45, 7) is 1.36. The molecule has 2 aromatic rings. The van der Waals surface area contributed by atoms with Crippen LogP contribution in [0.25, 0.3) is 0 Å². The minimum Gasteiger partial charge on any atom is -0.495 e.